The molecule has 6 heteroatoms. The van der Waals surface area contributed by atoms with E-state index in [4.69, 9.17) is 4.74 Å². The topological polar surface area (TPSA) is 72.5 Å². The molecule has 0 aliphatic heterocycles. The second kappa shape index (κ2) is 9.54. The molecule has 1 N–H and O–H groups in total. The van der Waals surface area contributed by atoms with Crippen molar-refractivity contribution in [1.29, 1.82) is 0 Å². The molecule has 1 aromatic carbocycles. The predicted molar refractivity (Wildman–Crippen MR) is 97.1 cm³/mol. The van der Waals surface area contributed by atoms with Crippen LogP contribution in [0.25, 0.3) is 6.08 Å². The zero-order valence-corrected chi connectivity index (χ0v) is 14.7. The van der Waals surface area contributed by atoms with Crippen LogP contribution in [0.1, 0.15) is 35.0 Å². The normalized spacial score (nSPS) is 11.0. The van der Waals surface area contributed by atoms with Crippen LogP contribution in [0.5, 0.6) is 0 Å². The molecule has 0 aliphatic rings. The van der Waals surface area contributed by atoms with Crippen LogP contribution < -0.4 is 5.32 Å². The fourth-order valence-corrected chi connectivity index (χ4v) is 2.78. The summed E-state index contributed by atoms with van der Waals surface area (Å²) < 4.78 is 5.17. The van der Waals surface area contributed by atoms with Crippen molar-refractivity contribution in [1.82, 2.24) is 5.32 Å². The number of thiophene rings is 1. The highest BCUT2D eigenvalue weighted by atomic mass is 32.1. The van der Waals surface area contributed by atoms with Crippen molar-refractivity contribution < 1.29 is 19.1 Å². The van der Waals surface area contributed by atoms with Gasteiger partial charge in [0.05, 0.1) is 11.5 Å². The van der Waals surface area contributed by atoms with Crippen molar-refractivity contribution in [3.63, 3.8) is 0 Å². The highest BCUT2D eigenvalue weighted by molar-refractivity contribution is 7.12. The molecule has 1 heterocycles. The van der Waals surface area contributed by atoms with Crippen LogP contribution in [0.2, 0.25) is 0 Å². The third kappa shape index (κ3) is 6.35. The largest absolute Gasteiger partial charge is 0.461 e. The lowest BCUT2D eigenvalue weighted by Gasteiger charge is -2.09. The molecule has 1 amide bonds. The van der Waals surface area contributed by atoms with E-state index in [-0.39, 0.29) is 24.0 Å². The van der Waals surface area contributed by atoms with Gasteiger partial charge in [0.15, 0.2) is 5.78 Å². The van der Waals surface area contributed by atoms with E-state index in [1.54, 1.807) is 12.1 Å². The van der Waals surface area contributed by atoms with Crippen molar-refractivity contribution in [2.24, 2.45) is 0 Å². The Bertz CT molecular complexity index is 751. The Morgan fingerprint density at radius 1 is 1.12 bits per heavy atom. The zero-order chi connectivity index (χ0) is 18.1. The maximum Gasteiger partial charge on any atom is 0.354 e. The number of carbonyl (C=O) groups excluding carboxylic acids is 3. The van der Waals surface area contributed by atoms with Gasteiger partial charge in [-0.1, -0.05) is 36.4 Å². The van der Waals surface area contributed by atoms with Gasteiger partial charge < -0.3 is 10.1 Å². The summed E-state index contributed by atoms with van der Waals surface area (Å²) in [4.78, 5) is 36.0. The zero-order valence-electron chi connectivity index (χ0n) is 13.9. The van der Waals surface area contributed by atoms with Gasteiger partial charge in [0.25, 0.3) is 0 Å². The second-order valence-corrected chi connectivity index (χ2v) is 6.24. The molecule has 0 saturated carbocycles. The first-order chi connectivity index (χ1) is 12.1. The summed E-state index contributed by atoms with van der Waals surface area (Å²) in [5.41, 5.74) is 0.847. The van der Waals surface area contributed by atoms with Crippen LogP contribution in [0, 0.1) is 0 Å². The number of carbonyl (C=O) groups is 3. The van der Waals surface area contributed by atoms with E-state index in [9.17, 15) is 14.4 Å². The molecule has 0 radical (unpaired) electrons. The van der Waals surface area contributed by atoms with Gasteiger partial charge in [-0.15, -0.1) is 11.3 Å². The summed E-state index contributed by atoms with van der Waals surface area (Å²) in [6.07, 6.45) is 2.30. The monoisotopic (exact) mass is 357 g/mol. The number of benzene rings is 1. The van der Waals surface area contributed by atoms with Crippen LogP contribution in [0.15, 0.2) is 53.5 Å². The molecular weight excluding hydrogens is 338 g/mol. The molecule has 25 heavy (non-hydrogen) atoms. The number of Topliss-reactive ketones (excluding diaryl/α,β-unsaturated/α-hetero) is 1. The Morgan fingerprint density at radius 3 is 2.52 bits per heavy atom. The molecule has 0 aliphatic carbocycles. The molecule has 2 aromatic rings. The minimum absolute atomic E-state index is 0.0351. The Balaban J connectivity index is 1.88. The van der Waals surface area contributed by atoms with E-state index in [2.05, 4.69) is 5.32 Å². The minimum atomic E-state index is -0.623. The number of hydrogen-bond donors (Lipinski definition) is 1. The lowest BCUT2D eigenvalue weighted by Crippen LogP contribution is -2.26. The van der Waals surface area contributed by atoms with Crippen LogP contribution in [-0.4, -0.2) is 24.3 Å². The van der Waals surface area contributed by atoms with Crippen LogP contribution in [0.4, 0.5) is 0 Å². The van der Waals surface area contributed by atoms with Gasteiger partial charge in [0, 0.05) is 13.3 Å². The quantitative estimate of drug-likeness (QED) is 0.340. The molecule has 5 nitrogen and oxygen atoms in total. The van der Waals surface area contributed by atoms with Crippen molar-refractivity contribution in [3.8, 4) is 0 Å². The summed E-state index contributed by atoms with van der Waals surface area (Å²) in [6.45, 7) is 1.44. The third-order valence-corrected chi connectivity index (χ3v) is 4.13. The highest BCUT2D eigenvalue weighted by Crippen LogP contribution is 2.12. The Kier molecular flexibility index (Phi) is 7.10. The lowest BCUT2D eigenvalue weighted by molar-refractivity contribution is -0.140. The third-order valence-electron chi connectivity index (χ3n) is 3.22. The van der Waals surface area contributed by atoms with Crippen molar-refractivity contribution in [2.45, 2.75) is 19.8 Å². The molecule has 2 rings (SSSR count). The highest BCUT2D eigenvalue weighted by Gasteiger charge is 2.13. The number of nitrogens with one attached hydrogen (secondary N) is 1. The van der Waals surface area contributed by atoms with E-state index < -0.39 is 5.97 Å². The molecule has 0 saturated heterocycles. The van der Waals surface area contributed by atoms with Crippen LogP contribution >= 0.6 is 11.3 Å². The van der Waals surface area contributed by atoms with Gasteiger partial charge in [0.2, 0.25) is 5.91 Å². The lowest BCUT2D eigenvalue weighted by atomic mass is 10.2. The molecule has 0 bridgehead atoms. The van der Waals surface area contributed by atoms with Crippen LogP contribution in [-0.2, 0) is 14.3 Å². The van der Waals surface area contributed by atoms with E-state index in [0.29, 0.717) is 17.7 Å². The van der Waals surface area contributed by atoms with Gasteiger partial charge in [-0.25, -0.2) is 4.79 Å². The van der Waals surface area contributed by atoms with E-state index >= 15 is 0 Å². The number of esters is 1. The van der Waals surface area contributed by atoms with E-state index in [1.807, 2.05) is 41.8 Å². The average molecular weight is 357 g/mol. The van der Waals surface area contributed by atoms with Crippen molar-refractivity contribution >= 4 is 35.1 Å². The summed E-state index contributed by atoms with van der Waals surface area (Å²) in [5.74, 6) is -0.942. The van der Waals surface area contributed by atoms with Gasteiger partial charge in [-0.3, -0.25) is 9.59 Å². The van der Waals surface area contributed by atoms with E-state index in [0.717, 1.165) is 5.56 Å². The second-order valence-electron chi connectivity index (χ2n) is 5.29. The van der Waals surface area contributed by atoms with Gasteiger partial charge in [-0.2, -0.15) is 0 Å². The fourth-order valence-electron chi connectivity index (χ4n) is 2.09. The summed E-state index contributed by atoms with van der Waals surface area (Å²) in [6, 6.07) is 12.8. The Morgan fingerprint density at radius 2 is 1.88 bits per heavy atom. The fraction of sp³-hybridized carbons (Fsp3) is 0.211. The Hall–Kier alpha value is -2.73. The maximum absolute atomic E-state index is 12.2. The first-order valence-corrected chi connectivity index (χ1v) is 8.72. The standard InChI is InChI=1S/C19H19NO4S/c1-14(21)20-16(13-15-7-3-2-4-8-15)19(23)24-11-5-9-17(22)18-10-6-12-25-18/h2-4,6-8,10,12-13H,5,9,11H2,1H3,(H,20,21)/b16-13-. The number of ether oxygens (including phenoxy) is 1. The number of hydrogen-bond acceptors (Lipinski definition) is 5. The Labute approximate surface area is 150 Å². The molecule has 130 valence electrons. The first kappa shape index (κ1) is 18.6. The summed E-state index contributed by atoms with van der Waals surface area (Å²) >= 11 is 1.39. The average Bonchev–Trinajstić information content (AvgIpc) is 3.13. The van der Waals surface area contributed by atoms with Gasteiger partial charge in [0.1, 0.15) is 5.70 Å². The smallest absolute Gasteiger partial charge is 0.354 e. The first-order valence-electron chi connectivity index (χ1n) is 7.84. The molecule has 0 fully saturated rings. The molecule has 1 aromatic heterocycles. The predicted octanol–water partition coefficient (Wildman–Crippen LogP) is 3.43. The number of amides is 1. The van der Waals surface area contributed by atoms with Gasteiger partial charge >= 0.3 is 5.97 Å². The summed E-state index contributed by atoms with van der Waals surface area (Å²) in [7, 11) is 0. The van der Waals surface area contributed by atoms with Crippen LogP contribution in [0.3, 0.4) is 0 Å². The van der Waals surface area contributed by atoms with Gasteiger partial charge in [-0.05, 0) is 29.5 Å². The van der Waals surface area contributed by atoms with E-state index in [1.165, 1.54) is 18.3 Å². The SMILES string of the molecule is CC(=O)N/C(=C\c1ccccc1)C(=O)OCCCC(=O)c1cccs1. The molecule has 0 atom stereocenters. The maximum atomic E-state index is 12.2. The number of rotatable bonds is 8. The number of ketones is 1. The van der Waals surface area contributed by atoms with Crippen molar-refractivity contribution in [2.75, 3.05) is 6.61 Å². The summed E-state index contributed by atoms with van der Waals surface area (Å²) in [5, 5.41) is 4.33. The van der Waals surface area contributed by atoms with Crippen molar-refractivity contribution in [3.05, 3.63) is 64.0 Å². The molecular formula is C19H19NO4S. The minimum Gasteiger partial charge on any atom is -0.461 e. The molecule has 0 spiro atoms. The molecule has 0 unspecified atom stereocenters.